The smallest absolute Gasteiger partial charge is 0.350 e. The Labute approximate surface area is 235 Å². The third-order valence-corrected chi connectivity index (χ3v) is 7.81. The van der Waals surface area contributed by atoms with Gasteiger partial charge in [0.15, 0.2) is 16.6 Å². The van der Waals surface area contributed by atoms with Crippen LogP contribution in [-0.4, -0.2) is 47.6 Å². The van der Waals surface area contributed by atoms with Crippen LogP contribution in [0.15, 0.2) is 60.7 Å². The Kier molecular flexibility index (Phi) is 7.21. The number of anilines is 1. The van der Waals surface area contributed by atoms with Crippen molar-refractivity contribution in [3.8, 4) is 11.5 Å². The van der Waals surface area contributed by atoms with Crippen LogP contribution >= 0.6 is 33.9 Å². The Morgan fingerprint density at radius 3 is 2.63 bits per heavy atom. The van der Waals surface area contributed by atoms with Gasteiger partial charge in [0.05, 0.1) is 17.3 Å². The lowest BCUT2D eigenvalue weighted by molar-refractivity contribution is -0.132. The summed E-state index contributed by atoms with van der Waals surface area (Å²) in [6.07, 6.45) is 1.45. The summed E-state index contributed by atoms with van der Waals surface area (Å²) < 4.78 is 17.3. The molecular weight excluding hydrogens is 623 g/mol. The molecule has 1 saturated heterocycles. The van der Waals surface area contributed by atoms with Crippen LogP contribution in [-0.2, 0) is 14.3 Å². The molecule has 3 heterocycles. The second-order valence-corrected chi connectivity index (χ2v) is 10.6. The Morgan fingerprint density at radius 1 is 1.21 bits per heavy atom. The van der Waals surface area contributed by atoms with E-state index in [9.17, 15) is 19.5 Å². The summed E-state index contributed by atoms with van der Waals surface area (Å²) in [6.45, 7) is 5.94. The van der Waals surface area contributed by atoms with E-state index in [2.05, 4.69) is 34.2 Å². The van der Waals surface area contributed by atoms with Gasteiger partial charge < -0.3 is 19.3 Å². The third kappa shape index (κ3) is 4.67. The lowest BCUT2D eigenvalue weighted by Gasteiger charge is -2.23. The Morgan fingerprint density at radius 2 is 1.92 bits per heavy atom. The van der Waals surface area contributed by atoms with Crippen molar-refractivity contribution in [3.05, 3.63) is 86.0 Å². The van der Waals surface area contributed by atoms with Crippen molar-refractivity contribution in [1.29, 1.82) is 0 Å². The van der Waals surface area contributed by atoms with Crippen LogP contribution in [0.1, 0.15) is 32.5 Å². The average Bonchev–Trinajstić information content (AvgIpc) is 3.43. The molecule has 0 aliphatic carbocycles. The number of rotatable bonds is 6. The zero-order valence-corrected chi connectivity index (χ0v) is 23.1. The van der Waals surface area contributed by atoms with Crippen LogP contribution in [0.2, 0.25) is 0 Å². The number of esters is 1. The number of aliphatic hydroxyl groups excluding tert-OH is 1. The van der Waals surface area contributed by atoms with Crippen molar-refractivity contribution in [1.82, 2.24) is 4.98 Å². The van der Waals surface area contributed by atoms with E-state index < -0.39 is 23.7 Å². The third-order valence-electron chi connectivity index (χ3n) is 5.95. The molecule has 2 aromatic carbocycles. The zero-order valence-electron chi connectivity index (χ0n) is 20.1. The van der Waals surface area contributed by atoms with Crippen molar-refractivity contribution < 1.29 is 33.7 Å². The summed E-state index contributed by atoms with van der Waals surface area (Å²) in [5.74, 6) is -1.75. The number of fused-ring (bicyclic) bond motifs is 1. The van der Waals surface area contributed by atoms with E-state index in [1.807, 2.05) is 12.1 Å². The zero-order chi connectivity index (χ0) is 27.0. The summed E-state index contributed by atoms with van der Waals surface area (Å²) in [7, 11) is 0. The number of thiazole rings is 1. The topological polar surface area (TPSA) is 115 Å². The predicted octanol–water partition coefficient (Wildman–Crippen LogP) is 4.80. The number of Topliss-reactive ketones (excluding diaryl/α,β-unsaturated/α-hetero) is 1. The van der Waals surface area contributed by atoms with Gasteiger partial charge in [0.1, 0.15) is 30.5 Å². The maximum Gasteiger partial charge on any atom is 0.350 e. The molecule has 11 heteroatoms. The highest BCUT2D eigenvalue weighted by Crippen LogP contribution is 2.44. The minimum absolute atomic E-state index is 0.0220. The lowest BCUT2D eigenvalue weighted by Crippen LogP contribution is -2.29. The van der Waals surface area contributed by atoms with Crippen molar-refractivity contribution in [2.75, 3.05) is 24.7 Å². The first kappa shape index (κ1) is 25.9. The number of ether oxygens (including phenoxy) is 3. The minimum Gasteiger partial charge on any atom is -0.507 e. The molecule has 3 aromatic rings. The predicted molar refractivity (Wildman–Crippen MR) is 149 cm³/mol. The molecule has 0 radical (unpaired) electrons. The molecule has 5 rings (SSSR count). The SMILES string of the molecule is C=CCOC(=O)c1sc(N2C(=O)C(=O)C(=C(O)c3ccc4c(c3)OCCO4)C2c2ccc(I)cc2)nc1C. The molecule has 194 valence electrons. The number of benzene rings is 2. The van der Waals surface area contributed by atoms with Gasteiger partial charge in [-0.2, -0.15) is 0 Å². The Hall–Kier alpha value is -3.71. The fourth-order valence-corrected chi connectivity index (χ4v) is 5.56. The summed E-state index contributed by atoms with van der Waals surface area (Å²) in [5, 5.41) is 11.5. The van der Waals surface area contributed by atoms with E-state index in [1.165, 1.54) is 11.0 Å². The monoisotopic (exact) mass is 644 g/mol. The normalized spacial score (nSPS) is 17.9. The van der Waals surface area contributed by atoms with Crippen molar-refractivity contribution in [2.24, 2.45) is 0 Å². The van der Waals surface area contributed by atoms with E-state index in [4.69, 9.17) is 14.2 Å². The molecule has 38 heavy (non-hydrogen) atoms. The second kappa shape index (κ2) is 10.6. The fraction of sp³-hybridized carbons (Fsp3) is 0.185. The first-order valence-electron chi connectivity index (χ1n) is 11.5. The van der Waals surface area contributed by atoms with Crippen LogP contribution in [0.5, 0.6) is 11.5 Å². The Balaban J connectivity index is 1.64. The molecule has 9 nitrogen and oxygen atoms in total. The largest absolute Gasteiger partial charge is 0.507 e. The molecular formula is C27H21IN2O7S. The number of carbonyl (C=O) groups is 3. The van der Waals surface area contributed by atoms with Gasteiger partial charge in [0.2, 0.25) is 0 Å². The molecule has 1 atom stereocenters. The number of halogens is 1. The fourth-order valence-electron chi connectivity index (χ4n) is 4.21. The molecule has 1 fully saturated rings. The van der Waals surface area contributed by atoms with Gasteiger partial charge in [-0.1, -0.05) is 36.1 Å². The molecule has 1 N–H and O–H groups in total. The second-order valence-electron chi connectivity index (χ2n) is 8.38. The lowest BCUT2D eigenvalue weighted by atomic mass is 9.95. The highest BCUT2D eigenvalue weighted by Gasteiger charge is 2.48. The van der Waals surface area contributed by atoms with Gasteiger partial charge in [0, 0.05) is 9.13 Å². The Bertz CT molecular complexity index is 1500. The first-order chi connectivity index (χ1) is 18.3. The van der Waals surface area contributed by atoms with Crippen LogP contribution in [0.3, 0.4) is 0 Å². The van der Waals surface area contributed by atoms with Gasteiger partial charge in [-0.15, -0.1) is 0 Å². The first-order valence-corrected chi connectivity index (χ1v) is 13.4. The standard InChI is InChI=1S/C27H21IN2O7S/c1-3-10-37-26(34)24-14(2)29-27(38-24)30-21(15-4-7-17(28)8-5-15)20(23(32)25(30)33)22(31)16-6-9-18-19(13-16)36-12-11-35-18/h3-9,13,21,31H,1,10-12H2,2H3. The van der Waals surface area contributed by atoms with E-state index in [1.54, 1.807) is 37.3 Å². The van der Waals surface area contributed by atoms with E-state index in [-0.39, 0.29) is 27.9 Å². The number of aryl methyl sites for hydroxylation is 1. The van der Waals surface area contributed by atoms with E-state index >= 15 is 0 Å². The maximum atomic E-state index is 13.4. The van der Waals surface area contributed by atoms with Gasteiger partial charge in [-0.05, 0) is 65.4 Å². The van der Waals surface area contributed by atoms with Crippen LogP contribution in [0, 0.1) is 10.5 Å². The highest BCUT2D eigenvalue weighted by atomic mass is 127. The summed E-state index contributed by atoms with van der Waals surface area (Å²) in [4.78, 5) is 45.2. The van der Waals surface area contributed by atoms with E-state index in [0.29, 0.717) is 41.5 Å². The minimum atomic E-state index is -0.984. The van der Waals surface area contributed by atoms with Crippen LogP contribution < -0.4 is 14.4 Å². The van der Waals surface area contributed by atoms with Gasteiger partial charge in [-0.25, -0.2) is 9.78 Å². The molecule has 1 amide bonds. The molecule has 2 aliphatic heterocycles. The van der Waals surface area contributed by atoms with Crippen molar-refractivity contribution in [3.63, 3.8) is 0 Å². The van der Waals surface area contributed by atoms with Crippen molar-refractivity contribution >= 4 is 62.5 Å². The van der Waals surface area contributed by atoms with Gasteiger partial charge in [-0.3, -0.25) is 14.5 Å². The molecule has 1 unspecified atom stereocenters. The molecule has 1 aromatic heterocycles. The highest BCUT2D eigenvalue weighted by molar-refractivity contribution is 14.1. The number of hydrogen-bond acceptors (Lipinski definition) is 9. The van der Waals surface area contributed by atoms with E-state index in [0.717, 1.165) is 14.9 Å². The number of aliphatic hydroxyl groups is 1. The number of nitrogens with zero attached hydrogens (tertiary/aromatic N) is 2. The average molecular weight is 644 g/mol. The quantitative estimate of drug-likeness (QED) is 0.102. The van der Waals surface area contributed by atoms with Gasteiger partial charge >= 0.3 is 11.9 Å². The molecule has 0 spiro atoms. The summed E-state index contributed by atoms with van der Waals surface area (Å²) in [5.41, 5.74) is 1.14. The molecule has 0 saturated carbocycles. The van der Waals surface area contributed by atoms with Crippen LogP contribution in [0.4, 0.5) is 5.13 Å². The van der Waals surface area contributed by atoms with Gasteiger partial charge in [0.25, 0.3) is 5.78 Å². The summed E-state index contributed by atoms with van der Waals surface area (Å²) >= 11 is 3.10. The number of ketones is 1. The number of carbonyl (C=O) groups excluding carboxylic acids is 3. The molecule has 0 bridgehead atoms. The number of aromatic nitrogens is 1. The van der Waals surface area contributed by atoms with Crippen molar-refractivity contribution in [2.45, 2.75) is 13.0 Å². The molecule has 2 aliphatic rings. The number of amides is 1. The van der Waals surface area contributed by atoms with Crippen LogP contribution in [0.25, 0.3) is 5.76 Å². The maximum absolute atomic E-state index is 13.4. The number of hydrogen-bond donors (Lipinski definition) is 1. The summed E-state index contributed by atoms with van der Waals surface area (Å²) in [6, 6.07) is 11.1.